The molecule has 0 saturated heterocycles. The lowest BCUT2D eigenvalue weighted by atomic mass is 9.84. The maximum Gasteiger partial charge on any atom is 0.306 e. The van der Waals surface area contributed by atoms with Crippen molar-refractivity contribution in [3.05, 3.63) is 59.5 Å². The van der Waals surface area contributed by atoms with E-state index >= 15 is 0 Å². The Morgan fingerprint density at radius 3 is 2.66 bits per heavy atom. The fourth-order valence-electron chi connectivity index (χ4n) is 3.60. The summed E-state index contributed by atoms with van der Waals surface area (Å²) < 4.78 is 0. The standard InChI is InChI=1S/C24H27N3O4S/c1-14(24(30)31)12-18(23(29)26-2)15-5-7-16(8-6-15)22(28)27-20-13-17(9-10-19(20)25)21-4-3-11-32-21/h3-7,9-11,13-14,16,18H,8,12,25H2,1-2H3,(H,26,29)(H,27,28)(H,30,31). The third-order valence-electron chi connectivity index (χ3n) is 5.56. The maximum atomic E-state index is 12.8. The lowest BCUT2D eigenvalue weighted by Crippen LogP contribution is -2.32. The minimum Gasteiger partial charge on any atom is -0.481 e. The summed E-state index contributed by atoms with van der Waals surface area (Å²) in [6, 6.07) is 9.53. The molecule has 0 saturated carbocycles. The van der Waals surface area contributed by atoms with Gasteiger partial charge in [-0.3, -0.25) is 14.4 Å². The van der Waals surface area contributed by atoms with E-state index in [0.29, 0.717) is 17.8 Å². The van der Waals surface area contributed by atoms with E-state index in [1.807, 2.05) is 35.7 Å². The Morgan fingerprint density at radius 2 is 2.06 bits per heavy atom. The molecular formula is C24H27N3O4S. The van der Waals surface area contributed by atoms with Gasteiger partial charge in [-0.2, -0.15) is 0 Å². The second-order valence-electron chi connectivity index (χ2n) is 7.82. The fraction of sp³-hybridized carbons (Fsp3) is 0.292. The van der Waals surface area contributed by atoms with Crippen molar-refractivity contribution >= 4 is 40.5 Å². The van der Waals surface area contributed by atoms with Crippen LogP contribution in [0.2, 0.25) is 0 Å². The highest BCUT2D eigenvalue weighted by molar-refractivity contribution is 7.13. The zero-order valence-corrected chi connectivity index (χ0v) is 18.8. The Hall–Kier alpha value is -3.39. The summed E-state index contributed by atoms with van der Waals surface area (Å²) in [6.07, 6.45) is 5.94. The molecule has 1 aromatic carbocycles. The first-order valence-corrected chi connectivity index (χ1v) is 11.2. The number of benzene rings is 1. The lowest BCUT2D eigenvalue weighted by molar-refractivity contribution is -0.141. The molecular weight excluding hydrogens is 426 g/mol. The van der Waals surface area contributed by atoms with Crippen molar-refractivity contribution in [3.8, 4) is 10.4 Å². The quantitative estimate of drug-likeness (QED) is 0.452. The van der Waals surface area contributed by atoms with Crippen LogP contribution in [-0.2, 0) is 14.4 Å². The molecule has 0 fully saturated rings. The van der Waals surface area contributed by atoms with Crippen LogP contribution in [0, 0.1) is 17.8 Å². The summed E-state index contributed by atoms with van der Waals surface area (Å²) in [5.74, 6) is -3.03. The predicted octanol–water partition coefficient (Wildman–Crippen LogP) is 3.91. The van der Waals surface area contributed by atoms with E-state index in [9.17, 15) is 19.5 Å². The van der Waals surface area contributed by atoms with Crippen molar-refractivity contribution in [3.63, 3.8) is 0 Å². The number of nitrogens with two attached hydrogens (primary N) is 1. The monoisotopic (exact) mass is 453 g/mol. The molecule has 2 aromatic rings. The van der Waals surface area contributed by atoms with Gasteiger partial charge in [0.15, 0.2) is 0 Å². The van der Waals surface area contributed by atoms with Gasteiger partial charge in [-0.1, -0.05) is 37.3 Å². The number of hydrogen-bond donors (Lipinski definition) is 4. The van der Waals surface area contributed by atoms with Crippen LogP contribution in [0.3, 0.4) is 0 Å². The molecule has 5 N–H and O–H groups in total. The molecule has 3 rings (SSSR count). The van der Waals surface area contributed by atoms with Crippen LogP contribution in [-0.4, -0.2) is 29.9 Å². The number of carboxylic acids is 1. The van der Waals surface area contributed by atoms with Gasteiger partial charge in [0.25, 0.3) is 0 Å². The second-order valence-corrected chi connectivity index (χ2v) is 8.76. The molecule has 8 heteroatoms. The number of rotatable bonds is 8. The third kappa shape index (κ3) is 5.45. The van der Waals surface area contributed by atoms with Crippen molar-refractivity contribution in [2.75, 3.05) is 18.1 Å². The lowest BCUT2D eigenvalue weighted by Gasteiger charge is -2.23. The van der Waals surface area contributed by atoms with Crippen LogP contribution >= 0.6 is 11.3 Å². The smallest absolute Gasteiger partial charge is 0.306 e. The summed E-state index contributed by atoms with van der Waals surface area (Å²) in [7, 11) is 1.53. The van der Waals surface area contributed by atoms with Crippen LogP contribution in [0.5, 0.6) is 0 Å². The molecule has 168 valence electrons. The van der Waals surface area contributed by atoms with Crippen molar-refractivity contribution in [1.29, 1.82) is 0 Å². The highest BCUT2D eigenvalue weighted by Gasteiger charge is 2.28. The van der Waals surface area contributed by atoms with E-state index < -0.39 is 23.7 Å². The van der Waals surface area contributed by atoms with Gasteiger partial charge in [0, 0.05) is 11.9 Å². The van der Waals surface area contributed by atoms with Crippen LogP contribution in [0.25, 0.3) is 10.4 Å². The van der Waals surface area contributed by atoms with Crippen molar-refractivity contribution < 1.29 is 19.5 Å². The largest absolute Gasteiger partial charge is 0.481 e. The van der Waals surface area contributed by atoms with Gasteiger partial charge in [-0.05, 0) is 47.6 Å². The topological polar surface area (TPSA) is 122 Å². The molecule has 7 nitrogen and oxygen atoms in total. The number of aliphatic carboxylic acids is 1. The summed E-state index contributed by atoms with van der Waals surface area (Å²) in [6.45, 7) is 1.58. The van der Waals surface area contributed by atoms with E-state index in [4.69, 9.17) is 5.73 Å². The Bertz CT molecular complexity index is 1060. The average molecular weight is 454 g/mol. The van der Waals surface area contributed by atoms with Gasteiger partial charge in [-0.15, -0.1) is 11.3 Å². The van der Waals surface area contributed by atoms with Gasteiger partial charge < -0.3 is 21.5 Å². The number of amides is 2. The Morgan fingerprint density at radius 1 is 1.28 bits per heavy atom. The number of allylic oxidation sites excluding steroid dienone is 2. The molecule has 0 bridgehead atoms. The first-order valence-electron chi connectivity index (χ1n) is 10.4. The van der Waals surface area contributed by atoms with Crippen molar-refractivity contribution in [2.24, 2.45) is 17.8 Å². The van der Waals surface area contributed by atoms with Crippen LogP contribution in [0.4, 0.5) is 11.4 Å². The molecule has 3 atom stereocenters. The number of carbonyl (C=O) groups is 3. The normalized spacial score (nSPS) is 17.2. The van der Waals surface area contributed by atoms with Gasteiger partial charge in [0.05, 0.1) is 29.1 Å². The van der Waals surface area contributed by atoms with E-state index in [1.54, 1.807) is 36.5 Å². The molecule has 3 unspecified atom stereocenters. The van der Waals surface area contributed by atoms with Gasteiger partial charge in [0.1, 0.15) is 0 Å². The summed E-state index contributed by atoms with van der Waals surface area (Å²) >= 11 is 1.61. The number of carbonyl (C=O) groups excluding carboxylic acids is 2. The number of carboxylic acid groups (broad SMARTS) is 1. The molecule has 0 spiro atoms. The Kier molecular flexibility index (Phi) is 7.48. The second kappa shape index (κ2) is 10.3. The van der Waals surface area contributed by atoms with Crippen LogP contribution in [0.15, 0.2) is 59.5 Å². The minimum atomic E-state index is -0.945. The molecule has 1 aromatic heterocycles. The minimum absolute atomic E-state index is 0.189. The summed E-state index contributed by atoms with van der Waals surface area (Å²) in [4.78, 5) is 37.5. The number of nitrogens with one attached hydrogen (secondary N) is 2. The van der Waals surface area contributed by atoms with Crippen molar-refractivity contribution in [1.82, 2.24) is 5.32 Å². The van der Waals surface area contributed by atoms with Crippen molar-refractivity contribution in [2.45, 2.75) is 19.8 Å². The number of anilines is 2. The van der Waals surface area contributed by atoms with Gasteiger partial charge >= 0.3 is 5.97 Å². The number of nitrogen functional groups attached to an aromatic ring is 1. The maximum absolute atomic E-state index is 12.8. The highest BCUT2D eigenvalue weighted by Crippen LogP contribution is 2.32. The zero-order valence-electron chi connectivity index (χ0n) is 18.0. The SMILES string of the molecule is CNC(=O)C(CC(C)C(=O)O)C1=CCC(C(=O)Nc2cc(-c3cccs3)ccc2N)C=C1. The van der Waals surface area contributed by atoms with Gasteiger partial charge in [-0.25, -0.2) is 0 Å². The first-order chi connectivity index (χ1) is 15.3. The Labute approximate surface area is 191 Å². The first kappa shape index (κ1) is 23.3. The third-order valence-corrected chi connectivity index (χ3v) is 6.48. The van der Waals surface area contributed by atoms with Crippen LogP contribution < -0.4 is 16.4 Å². The molecule has 1 aliphatic carbocycles. The molecule has 2 amide bonds. The molecule has 0 aliphatic heterocycles. The molecule has 1 heterocycles. The summed E-state index contributed by atoms with van der Waals surface area (Å²) in [5, 5.41) is 16.7. The van der Waals surface area contributed by atoms with E-state index in [2.05, 4.69) is 10.6 Å². The fourth-order valence-corrected chi connectivity index (χ4v) is 4.32. The van der Waals surface area contributed by atoms with E-state index in [-0.39, 0.29) is 18.2 Å². The number of thiophene rings is 1. The average Bonchev–Trinajstić information content (AvgIpc) is 3.33. The van der Waals surface area contributed by atoms with Crippen LogP contribution in [0.1, 0.15) is 19.8 Å². The molecule has 0 radical (unpaired) electrons. The summed E-state index contributed by atoms with van der Waals surface area (Å²) in [5.41, 5.74) is 8.81. The highest BCUT2D eigenvalue weighted by atomic mass is 32.1. The number of hydrogen-bond acceptors (Lipinski definition) is 5. The Balaban J connectivity index is 1.69. The predicted molar refractivity (Wildman–Crippen MR) is 127 cm³/mol. The molecule has 32 heavy (non-hydrogen) atoms. The van der Waals surface area contributed by atoms with Gasteiger partial charge in [0.2, 0.25) is 11.8 Å². The molecule has 1 aliphatic rings. The van der Waals surface area contributed by atoms with E-state index in [1.165, 1.54) is 7.05 Å². The van der Waals surface area contributed by atoms with E-state index in [0.717, 1.165) is 16.0 Å². The zero-order chi connectivity index (χ0) is 23.3.